The zero-order valence-electron chi connectivity index (χ0n) is 11.0. The fourth-order valence-electron chi connectivity index (χ4n) is 1.60. The summed E-state index contributed by atoms with van der Waals surface area (Å²) in [4.78, 5) is 0. The van der Waals surface area contributed by atoms with E-state index in [0.29, 0.717) is 12.6 Å². The maximum atomic E-state index is 5.62. The Balaban J connectivity index is 1.89. The Morgan fingerprint density at radius 3 is 2.83 bits per heavy atom. The van der Waals surface area contributed by atoms with E-state index in [1.54, 1.807) is 6.20 Å². The van der Waals surface area contributed by atoms with Crippen LogP contribution in [0.5, 0.6) is 5.75 Å². The highest BCUT2D eigenvalue weighted by molar-refractivity contribution is 5.13. The van der Waals surface area contributed by atoms with Gasteiger partial charge in [0.1, 0.15) is 18.1 Å². The zero-order chi connectivity index (χ0) is 13.0. The highest BCUT2D eigenvalue weighted by Crippen LogP contribution is 2.15. The molecule has 2 rings (SSSR count). The average Bonchev–Trinajstić information content (AvgIpc) is 2.95. The Morgan fingerprint density at radius 2 is 2.17 bits per heavy atom. The molecule has 0 spiro atoms. The molecule has 0 saturated heterocycles. The average molecular weight is 249 g/mol. The monoisotopic (exact) mass is 249 g/mol. The maximum Gasteiger partial charge on any atom is 0.157 e. The van der Waals surface area contributed by atoms with Gasteiger partial charge < -0.3 is 14.5 Å². The van der Waals surface area contributed by atoms with Crippen LogP contribution in [0, 0.1) is 0 Å². The summed E-state index contributed by atoms with van der Waals surface area (Å²) in [5.41, 5.74) is 0. The third kappa shape index (κ3) is 3.13. The van der Waals surface area contributed by atoms with Gasteiger partial charge in [0.15, 0.2) is 5.75 Å². The first-order chi connectivity index (χ1) is 8.69. The summed E-state index contributed by atoms with van der Waals surface area (Å²) in [6, 6.07) is 4.22. The van der Waals surface area contributed by atoms with E-state index in [1.165, 1.54) is 0 Å². The number of hydrogen-bond acceptors (Lipinski definition) is 4. The van der Waals surface area contributed by atoms with Crippen molar-refractivity contribution in [2.45, 2.75) is 33.0 Å². The fraction of sp³-hybridized carbons (Fsp3) is 0.462. The Bertz CT molecular complexity index is 488. The van der Waals surface area contributed by atoms with Crippen LogP contribution in [0.2, 0.25) is 0 Å². The highest BCUT2D eigenvalue weighted by Gasteiger charge is 2.05. The van der Waals surface area contributed by atoms with Crippen molar-refractivity contribution in [1.29, 1.82) is 0 Å². The van der Waals surface area contributed by atoms with Gasteiger partial charge in [0, 0.05) is 6.04 Å². The van der Waals surface area contributed by atoms with Crippen molar-refractivity contribution in [1.82, 2.24) is 15.1 Å². The van der Waals surface area contributed by atoms with E-state index >= 15 is 0 Å². The summed E-state index contributed by atoms with van der Waals surface area (Å²) < 4.78 is 13.1. The molecule has 0 saturated carbocycles. The van der Waals surface area contributed by atoms with Gasteiger partial charge in [0.05, 0.1) is 18.9 Å². The molecule has 5 nitrogen and oxygen atoms in total. The minimum atomic E-state index is 0.341. The molecule has 0 aliphatic rings. The topological polar surface area (TPSA) is 52.2 Å². The lowest BCUT2D eigenvalue weighted by Crippen LogP contribution is -2.03. The molecule has 2 aromatic rings. The summed E-state index contributed by atoms with van der Waals surface area (Å²) in [7, 11) is 1.89. The van der Waals surface area contributed by atoms with Crippen molar-refractivity contribution in [3.8, 4) is 5.75 Å². The third-order valence-electron chi connectivity index (χ3n) is 2.56. The van der Waals surface area contributed by atoms with Crippen LogP contribution in [0.4, 0.5) is 0 Å². The Hall–Kier alpha value is -1.75. The van der Waals surface area contributed by atoms with Gasteiger partial charge in [0.2, 0.25) is 0 Å². The van der Waals surface area contributed by atoms with Gasteiger partial charge in [0.25, 0.3) is 0 Å². The van der Waals surface area contributed by atoms with Crippen molar-refractivity contribution in [3.63, 3.8) is 0 Å². The molecule has 0 atom stereocenters. The number of rotatable bonds is 6. The number of hydrogen-bond donors (Lipinski definition) is 1. The first-order valence-corrected chi connectivity index (χ1v) is 6.08. The standard InChI is InChI=1S/C13H19N3O2/c1-10(2)16-8-13(7-15-16)17-9-12-5-4-11(18-12)6-14-3/h4-5,7-8,10,14H,6,9H2,1-3H3. The summed E-state index contributed by atoms with van der Waals surface area (Å²) in [6.45, 7) is 5.31. The molecule has 5 heteroatoms. The van der Waals surface area contributed by atoms with Crippen LogP contribution < -0.4 is 10.1 Å². The number of nitrogens with zero attached hydrogens (tertiary/aromatic N) is 2. The summed E-state index contributed by atoms with van der Waals surface area (Å²) in [5.74, 6) is 2.49. The molecule has 2 aromatic heterocycles. The first kappa shape index (κ1) is 12.7. The Labute approximate surface area is 107 Å². The molecular formula is C13H19N3O2. The predicted molar refractivity (Wildman–Crippen MR) is 68.4 cm³/mol. The third-order valence-corrected chi connectivity index (χ3v) is 2.56. The largest absolute Gasteiger partial charge is 0.482 e. The smallest absolute Gasteiger partial charge is 0.157 e. The lowest BCUT2D eigenvalue weighted by atomic mass is 10.4. The van der Waals surface area contributed by atoms with Gasteiger partial charge in [-0.2, -0.15) is 5.10 Å². The van der Waals surface area contributed by atoms with Crippen LogP contribution in [0.15, 0.2) is 28.9 Å². The predicted octanol–water partition coefficient (Wildman–Crippen LogP) is 2.36. The minimum absolute atomic E-state index is 0.341. The Kier molecular flexibility index (Phi) is 4.04. The molecule has 0 aliphatic carbocycles. The van der Waals surface area contributed by atoms with Crippen LogP contribution in [0.3, 0.4) is 0 Å². The van der Waals surface area contributed by atoms with Crippen molar-refractivity contribution in [2.24, 2.45) is 0 Å². The van der Waals surface area contributed by atoms with Crippen LogP contribution in [0.1, 0.15) is 31.4 Å². The molecule has 0 radical (unpaired) electrons. The van der Waals surface area contributed by atoms with E-state index in [1.807, 2.05) is 30.1 Å². The summed E-state index contributed by atoms with van der Waals surface area (Å²) in [6.07, 6.45) is 3.61. The van der Waals surface area contributed by atoms with Gasteiger partial charge in [-0.3, -0.25) is 4.68 Å². The van der Waals surface area contributed by atoms with E-state index in [2.05, 4.69) is 24.3 Å². The minimum Gasteiger partial charge on any atom is -0.482 e. The van der Waals surface area contributed by atoms with Gasteiger partial charge in [-0.25, -0.2) is 0 Å². The second-order valence-corrected chi connectivity index (χ2v) is 4.44. The SMILES string of the molecule is CNCc1ccc(COc2cnn(C(C)C)c2)o1. The molecule has 0 amide bonds. The van der Waals surface area contributed by atoms with Crippen molar-refractivity contribution >= 4 is 0 Å². The van der Waals surface area contributed by atoms with Gasteiger partial charge in [-0.1, -0.05) is 0 Å². The van der Waals surface area contributed by atoms with Gasteiger partial charge in [-0.15, -0.1) is 0 Å². The number of aromatic nitrogens is 2. The maximum absolute atomic E-state index is 5.62. The molecule has 98 valence electrons. The van der Waals surface area contributed by atoms with Crippen molar-refractivity contribution in [2.75, 3.05) is 7.05 Å². The molecule has 0 aromatic carbocycles. The molecule has 0 aliphatic heterocycles. The second kappa shape index (κ2) is 5.73. The van der Waals surface area contributed by atoms with Crippen LogP contribution in [-0.4, -0.2) is 16.8 Å². The van der Waals surface area contributed by atoms with E-state index < -0.39 is 0 Å². The van der Waals surface area contributed by atoms with Crippen LogP contribution in [0.25, 0.3) is 0 Å². The lowest BCUT2D eigenvalue weighted by molar-refractivity contribution is 0.265. The van der Waals surface area contributed by atoms with Crippen LogP contribution >= 0.6 is 0 Å². The number of furan rings is 1. The van der Waals surface area contributed by atoms with Gasteiger partial charge >= 0.3 is 0 Å². The molecule has 1 N–H and O–H groups in total. The quantitative estimate of drug-likeness (QED) is 0.853. The first-order valence-electron chi connectivity index (χ1n) is 6.08. The number of nitrogens with one attached hydrogen (secondary N) is 1. The zero-order valence-corrected chi connectivity index (χ0v) is 11.0. The molecule has 2 heterocycles. The van der Waals surface area contributed by atoms with E-state index in [4.69, 9.17) is 9.15 Å². The second-order valence-electron chi connectivity index (χ2n) is 4.44. The lowest BCUT2D eigenvalue weighted by Gasteiger charge is -2.03. The van der Waals surface area contributed by atoms with Crippen LogP contribution in [-0.2, 0) is 13.2 Å². The van der Waals surface area contributed by atoms with Gasteiger partial charge in [-0.05, 0) is 33.0 Å². The van der Waals surface area contributed by atoms with Crippen molar-refractivity contribution < 1.29 is 9.15 Å². The molecule has 0 unspecified atom stereocenters. The molecular weight excluding hydrogens is 230 g/mol. The van der Waals surface area contributed by atoms with E-state index in [-0.39, 0.29) is 0 Å². The fourth-order valence-corrected chi connectivity index (χ4v) is 1.60. The number of ether oxygens (including phenoxy) is 1. The van der Waals surface area contributed by atoms with E-state index in [9.17, 15) is 0 Å². The highest BCUT2D eigenvalue weighted by atomic mass is 16.5. The summed E-state index contributed by atoms with van der Waals surface area (Å²) >= 11 is 0. The summed E-state index contributed by atoms with van der Waals surface area (Å²) in [5, 5.41) is 7.25. The molecule has 18 heavy (non-hydrogen) atoms. The molecule has 0 bridgehead atoms. The van der Waals surface area contributed by atoms with Crippen molar-refractivity contribution in [3.05, 3.63) is 36.0 Å². The molecule has 0 fully saturated rings. The van der Waals surface area contributed by atoms with E-state index in [0.717, 1.165) is 23.8 Å². The normalized spacial score (nSPS) is 11.1. The Morgan fingerprint density at radius 1 is 1.39 bits per heavy atom.